The Morgan fingerprint density at radius 1 is 1.20 bits per heavy atom. The number of likely N-dealkylation sites (tertiary alicyclic amines) is 1. The van der Waals surface area contributed by atoms with Gasteiger partial charge in [-0.2, -0.15) is 13.2 Å². The molecular weight excluding hydrogens is 397 g/mol. The monoisotopic (exact) mass is 432 g/mol. The number of hydrogen-bond acceptors (Lipinski definition) is 3. The van der Waals surface area contributed by atoms with Crippen LogP contribution in [0.25, 0.3) is 0 Å². The van der Waals surface area contributed by atoms with E-state index in [0.717, 1.165) is 38.4 Å². The zero-order valence-electron chi connectivity index (χ0n) is 18.5. The van der Waals surface area contributed by atoms with Gasteiger partial charge in [-0.25, -0.2) is 4.79 Å². The third-order valence-electron chi connectivity index (χ3n) is 7.43. The van der Waals surface area contributed by atoms with Crippen LogP contribution in [0.3, 0.4) is 0 Å². The summed E-state index contributed by atoms with van der Waals surface area (Å²) in [5.41, 5.74) is 1.16. The highest BCUT2D eigenvalue weighted by molar-refractivity contribution is 5.87. The van der Waals surface area contributed by atoms with E-state index in [9.17, 15) is 18.0 Å². The van der Waals surface area contributed by atoms with Gasteiger partial charge in [0.15, 0.2) is 0 Å². The molecule has 1 N–H and O–H groups in total. The van der Waals surface area contributed by atoms with Gasteiger partial charge < -0.3 is 14.9 Å². The number of carboxylic acid groups (broad SMARTS) is 1. The maximum atomic E-state index is 13.3. The Morgan fingerprint density at radius 3 is 2.13 bits per heavy atom. The molecule has 2 atom stereocenters. The Labute approximate surface area is 177 Å². The van der Waals surface area contributed by atoms with E-state index in [2.05, 4.69) is 44.3 Å². The molecule has 8 heteroatoms. The minimum atomic E-state index is -5.08. The van der Waals surface area contributed by atoms with Crippen LogP contribution in [0.15, 0.2) is 12.2 Å². The normalized spacial score (nSPS) is 28.5. The van der Waals surface area contributed by atoms with Gasteiger partial charge in [-0.05, 0) is 76.4 Å². The summed E-state index contributed by atoms with van der Waals surface area (Å²) in [6, 6.07) is 0. The van der Waals surface area contributed by atoms with E-state index in [1.807, 2.05) is 0 Å². The van der Waals surface area contributed by atoms with Crippen molar-refractivity contribution < 1.29 is 27.9 Å². The molecule has 2 unspecified atom stereocenters. The molecule has 0 aromatic heterocycles. The van der Waals surface area contributed by atoms with Crippen molar-refractivity contribution in [1.29, 1.82) is 0 Å². The molecule has 1 aliphatic heterocycles. The van der Waals surface area contributed by atoms with Crippen LogP contribution in [0.4, 0.5) is 13.2 Å². The van der Waals surface area contributed by atoms with Gasteiger partial charge in [-0.15, -0.1) is 0 Å². The Balaban J connectivity index is 0.000000396. The Kier molecular flexibility index (Phi) is 7.32. The van der Waals surface area contributed by atoms with Crippen LogP contribution in [0.5, 0.6) is 0 Å². The molecule has 1 amide bonds. The van der Waals surface area contributed by atoms with Gasteiger partial charge in [0.1, 0.15) is 0 Å². The summed E-state index contributed by atoms with van der Waals surface area (Å²) in [6.45, 7) is 12.0. The number of rotatable bonds is 4. The van der Waals surface area contributed by atoms with Crippen molar-refractivity contribution in [2.24, 2.45) is 22.7 Å². The Morgan fingerprint density at radius 2 is 1.73 bits per heavy atom. The van der Waals surface area contributed by atoms with Crippen molar-refractivity contribution in [1.82, 2.24) is 9.80 Å². The number of piperidine rings is 1. The lowest BCUT2D eigenvalue weighted by atomic mass is 9.68. The van der Waals surface area contributed by atoms with E-state index in [-0.39, 0.29) is 10.8 Å². The molecule has 0 radical (unpaired) electrons. The van der Waals surface area contributed by atoms with E-state index < -0.39 is 12.1 Å². The SMILES string of the molecule is C=C1C2(C(=O)N3CCC(CCN(C)C)CC3)CCC(C2)C1(C)C.O=C(O)C(F)(F)F. The minimum Gasteiger partial charge on any atom is -0.475 e. The van der Waals surface area contributed by atoms with Crippen LogP contribution in [-0.4, -0.2) is 66.7 Å². The lowest BCUT2D eigenvalue weighted by Gasteiger charge is -2.41. The molecule has 0 aromatic rings. The molecule has 3 rings (SSSR count). The van der Waals surface area contributed by atoms with E-state index in [4.69, 9.17) is 9.90 Å². The minimum absolute atomic E-state index is 0.151. The van der Waals surface area contributed by atoms with Gasteiger partial charge >= 0.3 is 12.1 Å². The quantitative estimate of drug-likeness (QED) is 0.677. The molecule has 2 bridgehead atoms. The van der Waals surface area contributed by atoms with E-state index >= 15 is 0 Å². The van der Waals surface area contributed by atoms with Crippen LogP contribution in [0.1, 0.15) is 52.4 Å². The summed E-state index contributed by atoms with van der Waals surface area (Å²) >= 11 is 0. The number of hydrogen-bond donors (Lipinski definition) is 1. The standard InChI is InChI=1S/C20H34N2O.C2HF3O2/c1-15-19(2,3)17-6-10-20(15,14-17)18(23)22-12-8-16(9-13-22)7-11-21(4)5;3-2(4,5)1(6)7/h16-17H,1,6-14H2,2-5H3;(H,6,7). The van der Waals surface area contributed by atoms with Gasteiger partial charge in [0.2, 0.25) is 5.91 Å². The first-order valence-electron chi connectivity index (χ1n) is 10.7. The van der Waals surface area contributed by atoms with Crippen LogP contribution >= 0.6 is 0 Å². The van der Waals surface area contributed by atoms with Gasteiger partial charge in [-0.3, -0.25) is 4.79 Å². The topological polar surface area (TPSA) is 60.9 Å². The van der Waals surface area contributed by atoms with Crippen molar-refractivity contribution >= 4 is 11.9 Å². The number of halogens is 3. The van der Waals surface area contributed by atoms with E-state index in [0.29, 0.717) is 11.8 Å². The van der Waals surface area contributed by atoms with Crippen molar-refractivity contribution in [3.8, 4) is 0 Å². The lowest BCUT2D eigenvalue weighted by molar-refractivity contribution is -0.192. The van der Waals surface area contributed by atoms with Gasteiger partial charge in [0.25, 0.3) is 0 Å². The smallest absolute Gasteiger partial charge is 0.475 e. The molecule has 0 aromatic carbocycles. The largest absolute Gasteiger partial charge is 0.490 e. The van der Waals surface area contributed by atoms with Crippen molar-refractivity contribution in [2.75, 3.05) is 33.7 Å². The fourth-order valence-corrected chi connectivity index (χ4v) is 5.29. The number of nitrogens with zero attached hydrogens (tertiary/aromatic N) is 2. The highest BCUT2D eigenvalue weighted by Gasteiger charge is 2.61. The molecular formula is C22H35F3N2O3. The van der Waals surface area contributed by atoms with Crippen LogP contribution in [-0.2, 0) is 9.59 Å². The van der Waals surface area contributed by atoms with Gasteiger partial charge in [0.05, 0.1) is 5.41 Å². The average Bonchev–Trinajstić information content (AvgIpc) is 3.18. The summed E-state index contributed by atoms with van der Waals surface area (Å²) in [4.78, 5) is 26.6. The van der Waals surface area contributed by atoms with Crippen molar-refractivity contribution in [3.05, 3.63) is 12.2 Å². The predicted molar refractivity (Wildman–Crippen MR) is 109 cm³/mol. The van der Waals surface area contributed by atoms with Gasteiger partial charge in [0, 0.05) is 13.1 Å². The number of fused-ring (bicyclic) bond motifs is 2. The van der Waals surface area contributed by atoms with Crippen LogP contribution in [0, 0.1) is 22.7 Å². The Hall–Kier alpha value is -1.57. The highest BCUT2D eigenvalue weighted by atomic mass is 19.4. The maximum absolute atomic E-state index is 13.3. The second kappa shape index (κ2) is 8.89. The molecule has 2 saturated carbocycles. The summed E-state index contributed by atoms with van der Waals surface area (Å²) in [5.74, 6) is -0.899. The third kappa shape index (κ3) is 5.01. The average molecular weight is 433 g/mol. The zero-order chi connectivity index (χ0) is 22.9. The molecule has 1 heterocycles. The Bertz CT molecular complexity index is 667. The second-order valence-electron chi connectivity index (χ2n) is 9.85. The number of amides is 1. The predicted octanol–water partition coefficient (Wildman–Crippen LogP) is 4.19. The second-order valence-corrected chi connectivity index (χ2v) is 9.85. The highest BCUT2D eigenvalue weighted by Crippen LogP contribution is 2.66. The molecule has 1 saturated heterocycles. The molecule has 172 valence electrons. The maximum Gasteiger partial charge on any atom is 0.490 e. The first-order valence-corrected chi connectivity index (χ1v) is 10.7. The number of aliphatic carboxylic acids is 1. The fourth-order valence-electron chi connectivity index (χ4n) is 5.29. The summed E-state index contributed by atoms with van der Waals surface area (Å²) in [6.07, 6.45) is 1.83. The molecule has 5 nitrogen and oxygen atoms in total. The number of carbonyl (C=O) groups excluding carboxylic acids is 1. The summed E-state index contributed by atoms with van der Waals surface area (Å²) in [5, 5.41) is 7.12. The fraction of sp³-hybridized carbons (Fsp3) is 0.818. The van der Waals surface area contributed by atoms with Crippen molar-refractivity contribution in [2.45, 2.75) is 58.5 Å². The number of carboxylic acids is 1. The third-order valence-corrected chi connectivity index (χ3v) is 7.43. The van der Waals surface area contributed by atoms with Crippen molar-refractivity contribution in [3.63, 3.8) is 0 Å². The first-order chi connectivity index (χ1) is 13.7. The summed E-state index contributed by atoms with van der Waals surface area (Å²) < 4.78 is 31.7. The number of alkyl halides is 3. The number of carbonyl (C=O) groups is 2. The van der Waals surface area contributed by atoms with Crippen LogP contribution in [0.2, 0.25) is 0 Å². The van der Waals surface area contributed by atoms with E-state index in [1.54, 1.807) is 0 Å². The first kappa shape index (κ1) is 24.7. The molecule has 0 spiro atoms. The molecule has 3 fully saturated rings. The van der Waals surface area contributed by atoms with E-state index in [1.165, 1.54) is 31.3 Å². The molecule has 3 aliphatic rings. The molecule has 2 aliphatic carbocycles. The molecule has 30 heavy (non-hydrogen) atoms. The van der Waals surface area contributed by atoms with Gasteiger partial charge in [-0.1, -0.05) is 26.0 Å². The summed E-state index contributed by atoms with van der Waals surface area (Å²) in [7, 11) is 4.28. The zero-order valence-corrected chi connectivity index (χ0v) is 18.5. The van der Waals surface area contributed by atoms with Crippen LogP contribution < -0.4 is 0 Å². The lowest BCUT2D eigenvalue weighted by Crippen LogP contribution is -2.47.